The molecule has 0 saturated carbocycles. The van der Waals surface area contributed by atoms with Gasteiger partial charge in [0.25, 0.3) is 11.8 Å². The number of likely N-dealkylation sites (tertiary alicyclic amines) is 1. The number of nitrogens with one attached hydrogen (secondary N) is 2. The van der Waals surface area contributed by atoms with Crippen LogP contribution in [0.25, 0.3) is 0 Å². The van der Waals surface area contributed by atoms with E-state index in [9.17, 15) is 14.4 Å². The summed E-state index contributed by atoms with van der Waals surface area (Å²) in [5, 5.41) is 5.39. The Kier molecular flexibility index (Phi) is 5.28. The Morgan fingerprint density at radius 2 is 2.00 bits per heavy atom. The molecule has 4 amide bonds. The molecular weight excluding hydrogens is 346 g/mol. The highest BCUT2D eigenvalue weighted by atomic mass is 16.2. The summed E-state index contributed by atoms with van der Waals surface area (Å²) in [6.07, 6.45) is 3.21. The van der Waals surface area contributed by atoms with Crippen LogP contribution in [0.2, 0.25) is 0 Å². The van der Waals surface area contributed by atoms with Gasteiger partial charge in [-0.25, -0.2) is 4.79 Å². The van der Waals surface area contributed by atoms with Crippen molar-refractivity contribution in [1.29, 1.82) is 0 Å². The molecule has 148 valence electrons. The molecule has 1 aromatic heterocycles. The van der Waals surface area contributed by atoms with E-state index in [-0.39, 0.29) is 23.9 Å². The van der Waals surface area contributed by atoms with Crippen molar-refractivity contribution in [2.75, 3.05) is 26.7 Å². The summed E-state index contributed by atoms with van der Waals surface area (Å²) >= 11 is 0. The van der Waals surface area contributed by atoms with Gasteiger partial charge in [-0.1, -0.05) is 6.42 Å². The Labute approximate surface area is 159 Å². The fourth-order valence-corrected chi connectivity index (χ4v) is 4.06. The molecule has 8 heteroatoms. The van der Waals surface area contributed by atoms with Crippen LogP contribution in [-0.4, -0.2) is 64.4 Å². The molecule has 2 saturated heterocycles. The molecule has 2 aliphatic heterocycles. The Bertz CT molecular complexity index is 755. The molecule has 0 spiro atoms. The zero-order valence-electron chi connectivity index (χ0n) is 16.5. The van der Waals surface area contributed by atoms with Crippen molar-refractivity contribution < 1.29 is 14.4 Å². The van der Waals surface area contributed by atoms with Crippen molar-refractivity contribution in [2.45, 2.75) is 44.7 Å². The number of imide groups is 1. The van der Waals surface area contributed by atoms with Gasteiger partial charge in [-0.2, -0.15) is 0 Å². The molecule has 8 nitrogen and oxygen atoms in total. The van der Waals surface area contributed by atoms with E-state index in [1.54, 1.807) is 20.9 Å². The lowest BCUT2D eigenvalue weighted by Gasteiger charge is -2.36. The molecule has 27 heavy (non-hydrogen) atoms. The highest BCUT2D eigenvalue weighted by Gasteiger charge is 2.44. The summed E-state index contributed by atoms with van der Waals surface area (Å²) in [5.41, 5.74) is 0.888. The van der Waals surface area contributed by atoms with Gasteiger partial charge in [-0.15, -0.1) is 0 Å². The van der Waals surface area contributed by atoms with Crippen LogP contribution in [0.1, 0.15) is 55.3 Å². The first kappa shape index (κ1) is 19.4. The van der Waals surface area contributed by atoms with Crippen LogP contribution >= 0.6 is 0 Å². The second-order valence-corrected chi connectivity index (χ2v) is 7.84. The third-order valence-corrected chi connectivity index (χ3v) is 5.63. The standard InChI is InChI=1S/C19H29N5O3/c1-19(2)17(26)24(18(27)21-19)12-11-23-10-6-5-7-14(23)13-8-9-15(22(13)4)16(25)20-3/h8-9,14H,5-7,10-12H2,1-4H3,(H,20,25)(H,21,27)/t14-/m0/s1. The van der Waals surface area contributed by atoms with Gasteiger partial charge in [0, 0.05) is 32.9 Å². The van der Waals surface area contributed by atoms with Gasteiger partial charge in [-0.05, 0) is 45.4 Å². The van der Waals surface area contributed by atoms with Crippen molar-refractivity contribution in [3.8, 4) is 0 Å². The zero-order chi connectivity index (χ0) is 19.8. The van der Waals surface area contributed by atoms with E-state index in [0.717, 1.165) is 31.5 Å². The van der Waals surface area contributed by atoms with Crippen LogP contribution < -0.4 is 10.6 Å². The van der Waals surface area contributed by atoms with Crippen molar-refractivity contribution >= 4 is 17.8 Å². The van der Waals surface area contributed by atoms with Crippen LogP contribution in [-0.2, 0) is 11.8 Å². The second-order valence-electron chi connectivity index (χ2n) is 7.84. The summed E-state index contributed by atoms with van der Waals surface area (Å²) in [4.78, 5) is 40.2. The van der Waals surface area contributed by atoms with E-state index in [1.807, 2.05) is 23.7 Å². The monoisotopic (exact) mass is 375 g/mol. The molecule has 0 bridgehead atoms. The fourth-order valence-electron chi connectivity index (χ4n) is 4.06. The van der Waals surface area contributed by atoms with Gasteiger partial charge < -0.3 is 15.2 Å². The van der Waals surface area contributed by atoms with E-state index in [4.69, 9.17) is 0 Å². The fraction of sp³-hybridized carbons (Fsp3) is 0.632. The lowest BCUT2D eigenvalue weighted by molar-refractivity contribution is -0.130. The zero-order valence-corrected chi connectivity index (χ0v) is 16.5. The molecule has 2 fully saturated rings. The van der Waals surface area contributed by atoms with Gasteiger partial charge >= 0.3 is 6.03 Å². The smallest absolute Gasteiger partial charge is 0.325 e. The molecule has 1 aromatic rings. The van der Waals surface area contributed by atoms with Crippen LogP contribution in [0.5, 0.6) is 0 Å². The molecule has 0 aliphatic carbocycles. The molecule has 0 unspecified atom stereocenters. The number of rotatable bonds is 5. The highest BCUT2D eigenvalue weighted by molar-refractivity contribution is 6.06. The highest BCUT2D eigenvalue weighted by Crippen LogP contribution is 2.31. The number of hydrogen-bond acceptors (Lipinski definition) is 4. The Balaban J connectivity index is 1.73. The quantitative estimate of drug-likeness (QED) is 0.758. The number of carbonyl (C=O) groups is 3. The van der Waals surface area contributed by atoms with Gasteiger partial charge in [0.1, 0.15) is 11.2 Å². The number of amides is 4. The molecule has 0 aromatic carbocycles. The van der Waals surface area contributed by atoms with Crippen LogP contribution in [0, 0.1) is 0 Å². The predicted molar refractivity (Wildman–Crippen MR) is 101 cm³/mol. The molecule has 2 aliphatic rings. The van der Waals surface area contributed by atoms with Crippen molar-refractivity contribution in [3.63, 3.8) is 0 Å². The van der Waals surface area contributed by atoms with Crippen molar-refractivity contribution in [1.82, 2.24) is 25.0 Å². The predicted octanol–water partition coefficient (Wildman–Crippen LogP) is 1.24. The topological polar surface area (TPSA) is 86.7 Å². The first-order valence-electron chi connectivity index (χ1n) is 9.52. The Morgan fingerprint density at radius 3 is 2.63 bits per heavy atom. The van der Waals surface area contributed by atoms with Crippen molar-refractivity contribution in [3.05, 3.63) is 23.5 Å². The largest absolute Gasteiger partial charge is 0.354 e. The van der Waals surface area contributed by atoms with E-state index in [1.165, 1.54) is 4.90 Å². The molecule has 2 N–H and O–H groups in total. The molecule has 0 radical (unpaired) electrons. The van der Waals surface area contributed by atoms with Crippen LogP contribution in [0.15, 0.2) is 12.1 Å². The van der Waals surface area contributed by atoms with Crippen LogP contribution in [0.4, 0.5) is 4.79 Å². The second kappa shape index (κ2) is 7.34. The molecule has 3 rings (SSSR count). The van der Waals surface area contributed by atoms with Gasteiger partial charge in [0.15, 0.2) is 0 Å². The van der Waals surface area contributed by atoms with E-state index in [0.29, 0.717) is 18.8 Å². The minimum atomic E-state index is -0.834. The maximum absolute atomic E-state index is 12.4. The maximum atomic E-state index is 12.4. The summed E-state index contributed by atoms with van der Waals surface area (Å²) in [7, 11) is 3.54. The number of aromatic nitrogens is 1. The number of carbonyl (C=O) groups excluding carboxylic acids is 3. The summed E-state index contributed by atoms with van der Waals surface area (Å²) in [6.45, 7) is 5.36. The van der Waals surface area contributed by atoms with Crippen LogP contribution in [0.3, 0.4) is 0 Å². The van der Waals surface area contributed by atoms with E-state index >= 15 is 0 Å². The summed E-state index contributed by atoms with van der Waals surface area (Å²) < 4.78 is 1.94. The first-order chi connectivity index (χ1) is 12.8. The summed E-state index contributed by atoms with van der Waals surface area (Å²) in [5.74, 6) is -0.283. The lowest BCUT2D eigenvalue weighted by Crippen LogP contribution is -2.43. The minimum Gasteiger partial charge on any atom is -0.354 e. The van der Waals surface area contributed by atoms with Crippen molar-refractivity contribution in [2.24, 2.45) is 7.05 Å². The number of piperidine rings is 1. The Hall–Kier alpha value is -2.35. The lowest BCUT2D eigenvalue weighted by atomic mass is 9.99. The van der Waals surface area contributed by atoms with Gasteiger partial charge in [-0.3, -0.25) is 19.4 Å². The average Bonchev–Trinajstić information content (AvgIpc) is 3.10. The minimum absolute atomic E-state index is 0.104. The average molecular weight is 375 g/mol. The SMILES string of the molecule is CNC(=O)c1ccc([C@@H]2CCCCN2CCN2C(=O)NC(C)(C)C2=O)n1C. The number of nitrogens with zero attached hydrogens (tertiary/aromatic N) is 3. The maximum Gasteiger partial charge on any atom is 0.325 e. The summed E-state index contributed by atoms with van der Waals surface area (Å²) in [6, 6.07) is 3.71. The van der Waals surface area contributed by atoms with E-state index < -0.39 is 5.54 Å². The third-order valence-electron chi connectivity index (χ3n) is 5.63. The number of urea groups is 1. The molecular formula is C19H29N5O3. The first-order valence-corrected chi connectivity index (χ1v) is 9.52. The van der Waals surface area contributed by atoms with Gasteiger partial charge in [0.05, 0.1) is 6.04 Å². The third kappa shape index (κ3) is 3.58. The van der Waals surface area contributed by atoms with Gasteiger partial charge in [0.2, 0.25) is 0 Å². The normalized spacial score (nSPS) is 22.8. The van der Waals surface area contributed by atoms with E-state index in [2.05, 4.69) is 15.5 Å². The molecule has 3 heterocycles. The number of hydrogen-bond donors (Lipinski definition) is 2. The Morgan fingerprint density at radius 1 is 1.26 bits per heavy atom. The molecule has 1 atom stereocenters.